The van der Waals surface area contributed by atoms with E-state index in [1.165, 1.54) is 22.3 Å². The number of ether oxygens (including phenoxy) is 2. The summed E-state index contributed by atoms with van der Waals surface area (Å²) in [5, 5.41) is 9.64. The van der Waals surface area contributed by atoms with Crippen LogP contribution in [0.4, 0.5) is 0 Å². The molecule has 2 aromatic carbocycles. The molecule has 0 amide bonds. The first-order chi connectivity index (χ1) is 14.0. The summed E-state index contributed by atoms with van der Waals surface area (Å²) in [6, 6.07) is 13.1. The summed E-state index contributed by atoms with van der Waals surface area (Å²) in [5.74, 6) is 1.62. The monoisotopic (exact) mass is 398 g/mol. The average Bonchev–Trinajstić information content (AvgIpc) is 2.72. The number of aliphatic hydroxyl groups excluding tert-OH is 1. The average molecular weight is 399 g/mol. The maximum absolute atomic E-state index is 9.64. The van der Waals surface area contributed by atoms with Gasteiger partial charge in [0.15, 0.2) is 0 Å². The van der Waals surface area contributed by atoms with Crippen LogP contribution in [0.1, 0.15) is 28.7 Å². The summed E-state index contributed by atoms with van der Waals surface area (Å²) in [7, 11) is 3.36. The van der Waals surface area contributed by atoms with Crippen LogP contribution in [-0.2, 0) is 13.1 Å². The second-order valence-corrected chi connectivity index (χ2v) is 8.02. The third-order valence-electron chi connectivity index (χ3n) is 5.85. The fourth-order valence-electron chi connectivity index (χ4n) is 4.14. The molecule has 158 valence electrons. The molecule has 5 nitrogen and oxygen atoms in total. The third kappa shape index (κ3) is 5.72. The molecule has 3 rings (SSSR count). The van der Waals surface area contributed by atoms with Crippen molar-refractivity contribution in [3.63, 3.8) is 0 Å². The van der Waals surface area contributed by atoms with Crippen molar-refractivity contribution >= 4 is 0 Å². The number of hydrogen-bond donors (Lipinski definition) is 1. The molecular weight excluding hydrogens is 364 g/mol. The first kappa shape index (κ1) is 21.6. The zero-order valence-electron chi connectivity index (χ0n) is 18.1. The van der Waals surface area contributed by atoms with E-state index in [0.717, 1.165) is 50.6 Å². The molecular formula is C24H34N2O3. The van der Waals surface area contributed by atoms with Gasteiger partial charge in [-0.15, -0.1) is 0 Å². The van der Waals surface area contributed by atoms with Crippen molar-refractivity contribution in [2.75, 3.05) is 40.5 Å². The second kappa shape index (κ2) is 10.1. The Labute approximate surface area is 174 Å². The first-order valence-electron chi connectivity index (χ1n) is 10.4. The van der Waals surface area contributed by atoms with Gasteiger partial charge in [0, 0.05) is 51.4 Å². The Morgan fingerprint density at radius 3 is 2.34 bits per heavy atom. The van der Waals surface area contributed by atoms with E-state index in [2.05, 4.69) is 54.0 Å². The van der Waals surface area contributed by atoms with Crippen molar-refractivity contribution in [1.82, 2.24) is 9.80 Å². The molecule has 0 spiro atoms. The summed E-state index contributed by atoms with van der Waals surface area (Å²) in [5.41, 5.74) is 5.23. The quantitative estimate of drug-likeness (QED) is 0.739. The van der Waals surface area contributed by atoms with E-state index in [0.29, 0.717) is 6.04 Å². The van der Waals surface area contributed by atoms with E-state index in [9.17, 15) is 5.11 Å². The molecule has 0 bridgehead atoms. The molecule has 0 aliphatic carbocycles. The highest BCUT2D eigenvalue weighted by atomic mass is 16.5. The van der Waals surface area contributed by atoms with Crippen molar-refractivity contribution < 1.29 is 14.6 Å². The van der Waals surface area contributed by atoms with Crippen LogP contribution in [0.15, 0.2) is 36.4 Å². The molecule has 0 unspecified atom stereocenters. The van der Waals surface area contributed by atoms with Crippen molar-refractivity contribution in [3.05, 3.63) is 58.7 Å². The smallest absolute Gasteiger partial charge is 0.122 e. The lowest BCUT2D eigenvalue weighted by Gasteiger charge is -2.41. The van der Waals surface area contributed by atoms with Crippen LogP contribution in [0.25, 0.3) is 0 Å². The van der Waals surface area contributed by atoms with Gasteiger partial charge in [-0.05, 0) is 49.1 Å². The fraction of sp³-hybridized carbons (Fsp3) is 0.500. The molecule has 5 heteroatoms. The SMILES string of the molecule is COc1cc(CN2CCN(Cc3cc(C)ccc3C)C[C@@H]2CCO)cc(OC)c1. The second-order valence-electron chi connectivity index (χ2n) is 8.02. The molecule has 1 aliphatic heterocycles. The van der Waals surface area contributed by atoms with Crippen LogP contribution in [-0.4, -0.2) is 61.4 Å². The summed E-state index contributed by atoms with van der Waals surface area (Å²) in [6.45, 7) is 9.32. The van der Waals surface area contributed by atoms with E-state index < -0.39 is 0 Å². The van der Waals surface area contributed by atoms with Crippen LogP contribution in [0.5, 0.6) is 11.5 Å². The van der Waals surface area contributed by atoms with Crippen LogP contribution in [0, 0.1) is 13.8 Å². The fourth-order valence-corrected chi connectivity index (χ4v) is 4.14. The standard InChI is InChI=1S/C24H34N2O3/c1-18-5-6-19(2)21(11-18)16-25-8-9-26(22(17-25)7-10-27)15-20-12-23(28-3)14-24(13-20)29-4/h5-6,11-14,22,27H,7-10,15-17H2,1-4H3/t22-/m0/s1. The predicted octanol–water partition coefficient (Wildman–Crippen LogP) is 3.39. The number of aliphatic hydroxyl groups is 1. The Bertz CT molecular complexity index is 786. The van der Waals surface area contributed by atoms with Gasteiger partial charge >= 0.3 is 0 Å². The molecule has 1 fully saturated rings. The van der Waals surface area contributed by atoms with Gasteiger partial charge in [-0.3, -0.25) is 9.80 Å². The summed E-state index contributed by atoms with van der Waals surface area (Å²) < 4.78 is 10.8. The summed E-state index contributed by atoms with van der Waals surface area (Å²) in [4.78, 5) is 4.99. The molecule has 1 N–H and O–H groups in total. The van der Waals surface area contributed by atoms with Gasteiger partial charge in [-0.1, -0.05) is 23.8 Å². The van der Waals surface area contributed by atoms with Crippen LogP contribution in [0.3, 0.4) is 0 Å². The number of aryl methyl sites for hydroxylation is 2. The minimum atomic E-state index is 0.208. The minimum Gasteiger partial charge on any atom is -0.497 e. The highest BCUT2D eigenvalue weighted by Crippen LogP contribution is 2.26. The summed E-state index contributed by atoms with van der Waals surface area (Å²) >= 11 is 0. The Morgan fingerprint density at radius 1 is 0.966 bits per heavy atom. The highest BCUT2D eigenvalue weighted by Gasteiger charge is 2.27. The van der Waals surface area contributed by atoms with Gasteiger partial charge in [0.2, 0.25) is 0 Å². The van der Waals surface area contributed by atoms with E-state index in [-0.39, 0.29) is 6.61 Å². The predicted molar refractivity (Wildman–Crippen MR) is 117 cm³/mol. The van der Waals surface area contributed by atoms with Gasteiger partial charge in [-0.25, -0.2) is 0 Å². The lowest BCUT2D eigenvalue weighted by atomic mass is 10.0. The molecule has 1 atom stereocenters. The lowest BCUT2D eigenvalue weighted by molar-refractivity contribution is 0.0498. The largest absolute Gasteiger partial charge is 0.497 e. The molecule has 0 aromatic heterocycles. The molecule has 1 aliphatic rings. The number of methoxy groups -OCH3 is 2. The lowest BCUT2D eigenvalue weighted by Crippen LogP contribution is -2.52. The molecule has 0 saturated carbocycles. The number of benzene rings is 2. The molecule has 29 heavy (non-hydrogen) atoms. The number of hydrogen-bond acceptors (Lipinski definition) is 5. The molecule has 1 saturated heterocycles. The van der Waals surface area contributed by atoms with E-state index in [4.69, 9.17) is 9.47 Å². The summed E-state index contributed by atoms with van der Waals surface area (Å²) in [6.07, 6.45) is 0.782. The molecule has 2 aromatic rings. The normalized spacial score (nSPS) is 18.0. The van der Waals surface area contributed by atoms with E-state index >= 15 is 0 Å². The van der Waals surface area contributed by atoms with E-state index in [1.54, 1.807) is 14.2 Å². The van der Waals surface area contributed by atoms with Crippen molar-refractivity contribution in [3.8, 4) is 11.5 Å². The Morgan fingerprint density at radius 2 is 1.69 bits per heavy atom. The highest BCUT2D eigenvalue weighted by molar-refractivity contribution is 5.38. The van der Waals surface area contributed by atoms with Gasteiger partial charge in [0.05, 0.1) is 14.2 Å². The maximum Gasteiger partial charge on any atom is 0.122 e. The topological polar surface area (TPSA) is 45.2 Å². The molecule has 1 heterocycles. The van der Waals surface area contributed by atoms with E-state index in [1.807, 2.05) is 6.07 Å². The van der Waals surface area contributed by atoms with Gasteiger partial charge in [-0.2, -0.15) is 0 Å². The van der Waals surface area contributed by atoms with Crippen molar-refractivity contribution in [1.29, 1.82) is 0 Å². The maximum atomic E-state index is 9.64. The minimum absolute atomic E-state index is 0.208. The zero-order chi connectivity index (χ0) is 20.8. The van der Waals surface area contributed by atoms with Crippen LogP contribution in [0.2, 0.25) is 0 Å². The Kier molecular flexibility index (Phi) is 7.53. The van der Waals surface area contributed by atoms with Crippen LogP contribution >= 0.6 is 0 Å². The zero-order valence-corrected chi connectivity index (χ0v) is 18.1. The van der Waals surface area contributed by atoms with Gasteiger partial charge < -0.3 is 14.6 Å². The number of rotatable bonds is 8. The first-order valence-corrected chi connectivity index (χ1v) is 10.4. The third-order valence-corrected chi connectivity index (χ3v) is 5.85. The Balaban J connectivity index is 1.70. The van der Waals surface area contributed by atoms with Crippen LogP contribution < -0.4 is 9.47 Å². The molecule has 0 radical (unpaired) electrons. The number of nitrogens with zero attached hydrogens (tertiary/aromatic N) is 2. The van der Waals surface area contributed by atoms with Crippen molar-refractivity contribution in [2.24, 2.45) is 0 Å². The Hall–Kier alpha value is -2.08. The number of piperazine rings is 1. The van der Waals surface area contributed by atoms with Gasteiger partial charge in [0.1, 0.15) is 11.5 Å². The van der Waals surface area contributed by atoms with Crippen molar-refractivity contribution in [2.45, 2.75) is 39.4 Å². The van der Waals surface area contributed by atoms with Gasteiger partial charge in [0.25, 0.3) is 0 Å².